The first-order valence-electron chi connectivity index (χ1n) is 5.69. The summed E-state index contributed by atoms with van der Waals surface area (Å²) in [5, 5.41) is 9.17. The predicted octanol–water partition coefficient (Wildman–Crippen LogP) is -0.379. The molecule has 0 aromatic carbocycles. The Labute approximate surface area is 96.3 Å². The molecule has 16 heavy (non-hydrogen) atoms. The topological polar surface area (TPSA) is 44.5 Å². The molecule has 1 saturated heterocycles. The Morgan fingerprint density at radius 2 is 2.25 bits per heavy atom. The highest BCUT2D eigenvalue weighted by Gasteiger charge is 2.22. The van der Waals surface area contributed by atoms with Gasteiger partial charge in [-0.1, -0.05) is 0 Å². The number of aromatic nitrogens is 2. The molecular formula is C11H20N4O. The van der Waals surface area contributed by atoms with Gasteiger partial charge in [0.2, 0.25) is 0 Å². The van der Waals surface area contributed by atoms with Crippen LogP contribution in [0.25, 0.3) is 0 Å². The molecule has 1 aromatic rings. The van der Waals surface area contributed by atoms with E-state index in [9.17, 15) is 0 Å². The van der Waals surface area contributed by atoms with E-state index in [-0.39, 0.29) is 6.61 Å². The Balaban J connectivity index is 2.02. The largest absolute Gasteiger partial charge is 0.390 e. The zero-order chi connectivity index (χ0) is 11.5. The smallest absolute Gasteiger partial charge is 0.0949 e. The number of imidazole rings is 1. The van der Waals surface area contributed by atoms with Gasteiger partial charge < -0.3 is 14.6 Å². The van der Waals surface area contributed by atoms with Crippen LogP contribution in [-0.4, -0.2) is 64.2 Å². The number of nitrogens with zero attached hydrogens (tertiary/aromatic N) is 4. The molecule has 1 fully saturated rings. The Hall–Kier alpha value is -0.910. The molecule has 0 spiro atoms. The molecule has 0 amide bonds. The zero-order valence-corrected chi connectivity index (χ0v) is 10.0. The molecule has 1 N–H and O–H groups in total. The number of hydrogen-bond donors (Lipinski definition) is 1. The first-order chi connectivity index (χ1) is 7.70. The molecule has 5 heteroatoms. The molecule has 0 radical (unpaired) electrons. The minimum atomic E-state index is 0.0618. The number of aliphatic hydroxyl groups is 1. The Morgan fingerprint density at radius 1 is 1.44 bits per heavy atom. The van der Waals surface area contributed by atoms with E-state index in [1.54, 1.807) is 12.5 Å². The first kappa shape index (κ1) is 11.6. The Bertz CT molecular complexity index is 338. The van der Waals surface area contributed by atoms with Gasteiger partial charge >= 0.3 is 0 Å². The highest BCUT2D eigenvalue weighted by atomic mass is 16.3. The number of likely N-dealkylation sites (N-methyl/N-ethyl adjacent to an activating group) is 2. The molecule has 1 atom stereocenters. The summed E-state index contributed by atoms with van der Waals surface area (Å²) >= 11 is 0. The van der Waals surface area contributed by atoms with Crippen LogP contribution in [0.1, 0.15) is 5.69 Å². The average molecular weight is 224 g/mol. The Kier molecular flexibility index (Phi) is 3.58. The van der Waals surface area contributed by atoms with Gasteiger partial charge in [-0.25, -0.2) is 4.98 Å². The normalized spacial score (nSPS) is 23.8. The maximum Gasteiger partial charge on any atom is 0.0949 e. The van der Waals surface area contributed by atoms with Gasteiger partial charge in [0.1, 0.15) is 0 Å². The highest BCUT2D eigenvalue weighted by Crippen LogP contribution is 2.10. The van der Waals surface area contributed by atoms with Crippen LogP contribution >= 0.6 is 0 Å². The van der Waals surface area contributed by atoms with Crippen molar-refractivity contribution in [1.29, 1.82) is 0 Å². The Morgan fingerprint density at radius 3 is 3.00 bits per heavy atom. The van der Waals surface area contributed by atoms with E-state index in [0.29, 0.717) is 6.04 Å². The van der Waals surface area contributed by atoms with E-state index >= 15 is 0 Å². The van der Waals surface area contributed by atoms with Crippen molar-refractivity contribution >= 4 is 0 Å². The van der Waals surface area contributed by atoms with Crippen LogP contribution in [0.15, 0.2) is 12.5 Å². The van der Waals surface area contributed by atoms with Crippen LogP contribution in [0, 0.1) is 0 Å². The SMILES string of the molecule is CN1CCN(C)C(Cn2cncc2CO)C1. The van der Waals surface area contributed by atoms with Crippen molar-refractivity contribution in [2.45, 2.75) is 19.2 Å². The maximum absolute atomic E-state index is 9.17. The molecule has 5 nitrogen and oxygen atoms in total. The lowest BCUT2D eigenvalue weighted by Crippen LogP contribution is -2.51. The van der Waals surface area contributed by atoms with E-state index in [1.807, 2.05) is 4.57 Å². The van der Waals surface area contributed by atoms with Gasteiger partial charge in [0.15, 0.2) is 0 Å². The number of rotatable bonds is 3. The minimum Gasteiger partial charge on any atom is -0.390 e. The second-order valence-electron chi connectivity index (χ2n) is 4.59. The fraction of sp³-hybridized carbons (Fsp3) is 0.727. The third-order valence-electron chi connectivity index (χ3n) is 3.35. The van der Waals surface area contributed by atoms with E-state index in [0.717, 1.165) is 31.9 Å². The summed E-state index contributed by atoms with van der Waals surface area (Å²) in [7, 11) is 4.31. The zero-order valence-electron chi connectivity index (χ0n) is 10.0. The van der Waals surface area contributed by atoms with Gasteiger partial charge in [0, 0.05) is 32.2 Å². The van der Waals surface area contributed by atoms with Crippen molar-refractivity contribution in [3.8, 4) is 0 Å². The molecule has 2 heterocycles. The van der Waals surface area contributed by atoms with Crippen molar-refractivity contribution in [3.63, 3.8) is 0 Å². The third kappa shape index (κ3) is 2.42. The quantitative estimate of drug-likeness (QED) is 0.760. The van der Waals surface area contributed by atoms with Crippen molar-refractivity contribution in [2.24, 2.45) is 0 Å². The molecular weight excluding hydrogens is 204 g/mol. The number of hydrogen-bond acceptors (Lipinski definition) is 4. The van der Waals surface area contributed by atoms with Crippen molar-refractivity contribution in [1.82, 2.24) is 19.4 Å². The molecule has 2 rings (SSSR count). The first-order valence-corrected chi connectivity index (χ1v) is 5.69. The molecule has 0 saturated carbocycles. The van der Waals surface area contributed by atoms with Crippen LogP contribution in [0.2, 0.25) is 0 Å². The molecule has 1 aliphatic heterocycles. The van der Waals surface area contributed by atoms with E-state index in [2.05, 4.69) is 28.9 Å². The van der Waals surface area contributed by atoms with Crippen LogP contribution in [-0.2, 0) is 13.2 Å². The van der Waals surface area contributed by atoms with Gasteiger partial charge in [-0.2, -0.15) is 0 Å². The fourth-order valence-electron chi connectivity index (χ4n) is 2.17. The number of aliphatic hydroxyl groups excluding tert-OH is 1. The summed E-state index contributed by atoms with van der Waals surface area (Å²) in [6.07, 6.45) is 3.53. The maximum atomic E-state index is 9.17. The van der Waals surface area contributed by atoms with Crippen LogP contribution in [0.3, 0.4) is 0 Å². The summed E-state index contributed by atoms with van der Waals surface area (Å²) in [6, 6.07) is 0.498. The lowest BCUT2D eigenvalue weighted by atomic mass is 10.2. The van der Waals surface area contributed by atoms with Crippen LogP contribution in [0.5, 0.6) is 0 Å². The lowest BCUT2D eigenvalue weighted by molar-refractivity contribution is 0.101. The van der Waals surface area contributed by atoms with Crippen molar-refractivity contribution in [3.05, 3.63) is 18.2 Å². The minimum absolute atomic E-state index is 0.0618. The molecule has 1 unspecified atom stereocenters. The molecule has 1 aliphatic rings. The van der Waals surface area contributed by atoms with Crippen molar-refractivity contribution in [2.75, 3.05) is 33.7 Å². The molecule has 90 valence electrons. The fourth-order valence-corrected chi connectivity index (χ4v) is 2.17. The summed E-state index contributed by atoms with van der Waals surface area (Å²) in [6.45, 7) is 4.26. The average Bonchev–Trinajstić information content (AvgIpc) is 2.71. The van der Waals surface area contributed by atoms with E-state index in [1.165, 1.54) is 0 Å². The van der Waals surface area contributed by atoms with E-state index < -0.39 is 0 Å². The van der Waals surface area contributed by atoms with Crippen molar-refractivity contribution < 1.29 is 5.11 Å². The number of piperazine rings is 1. The predicted molar refractivity (Wildman–Crippen MR) is 62.1 cm³/mol. The second-order valence-corrected chi connectivity index (χ2v) is 4.59. The van der Waals surface area contributed by atoms with Gasteiger partial charge in [0.05, 0.1) is 24.8 Å². The monoisotopic (exact) mass is 224 g/mol. The van der Waals surface area contributed by atoms with E-state index in [4.69, 9.17) is 5.11 Å². The highest BCUT2D eigenvalue weighted by molar-refractivity contribution is 4.97. The summed E-state index contributed by atoms with van der Waals surface area (Å²) in [5.41, 5.74) is 0.890. The molecule has 1 aromatic heterocycles. The summed E-state index contributed by atoms with van der Waals surface area (Å²) in [5.74, 6) is 0. The third-order valence-corrected chi connectivity index (χ3v) is 3.35. The van der Waals surface area contributed by atoms with Crippen LogP contribution < -0.4 is 0 Å². The second kappa shape index (κ2) is 4.95. The lowest BCUT2D eigenvalue weighted by Gasteiger charge is -2.38. The van der Waals surface area contributed by atoms with Gasteiger partial charge in [-0.3, -0.25) is 4.90 Å². The van der Waals surface area contributed by atoms with Gasteiger partial charge in [-0.15, -0.1) is 0 Å². The molecule has 0 aliphatic carbocycles. The van der Waals surface area contributed by atoms with Gasteiger partial charge in [0.25, 0.3) is 0 Å². The standard InChI is InChI=1S/C11H20N4O/c1-13-3-4-14(2)11(6-13)7-15-9-12-5-10(15)8-16/h5,9,11,16H,3-4,6-8H2,1-2H3. The van der Waals surface area contributed by atoms with Gasteiger partial charge in [-0.05, 0) is 14.1 Å². The molecule has 0 bridgehead atoms. The summed E-state index contributed by atoms with van der Waals surface area (Å²) < 4.78 is 2.04. The van der Waals surface area contributed by atoms with Crippen LogP contribution in [0.4, 0.5) is 0 Å². The summed E-state index contributed by atoms with van der Waals surface area (Å²) in [4.78, 5) is 8.80.